The van der Waals surface area contributed by atoms with Gasteiger partial charge < -0.3 is 10.2 Å². The summed E-state index contributed by atoms with van der Waals surface area (Å²) in [5.41, 5.74) is 2.03. The predicted molar refractivity (Wildman–Crippen MR) is 96.1 cm³/mol. The predicted octanol–water partition coefficient (Wildman–Crippen LogP) is 2.91. The second-order valence-electron chi connectivity index (χ2n) is 6.51. The van der Waals surface area contributed by atoms with Crippen LogP contribution < -0.4 is 5.32 Å². The number of rotatable bonds is 5. The molecule has 0 aliphatic carbocycles. The van der Waals surface area contributed by atoms with Gasteiger partial charge in [0.2, 0.25) is 5.91 Å². The number of para-hydroxylation sites is 1. The number of carbonyl (C=O) groups excluding carboxylic acids is 2. The maximum absolute atomic E-state index is 12.5. The van der Waals surface area contributed by atoms with Gasteiger partial charge in [0.25, 0.3) is 5.91 Å². The molecule has 6 heteroatoms. The second kappa shape index (κ2) is 7.51. The van der Waals surface area contributed by atoms with Crippen molar-refractivity contribution in [3.05, 3.63) is 47.8 Å². The number of nitrogens with one attached hydrogen (secondary N) is 1. The molecule has 1 aliphatic heterocycles. The summed E-state index contributed by atoms with van der Waals surface area (Å²) in [5.74, 6) is -0.00441. The van der Waals surface area contributed by atoms with E-state index >= 15 is 0 Å². The Bertz CT molecular complexity index is 754. The van der Waals surface area contributed by atoms with Gasteiger partial charge in [-0.15, -0.1) is 0 Å². The van der Waals surface area contributed by atoms with E-state index in [1.165, 1.54) is 0 Å². The van der Waals surface area contributed by atoms with Crippen molar-refractivity contribution in [2.45, 2.75) is 39.8 Å². The Morgan fingerprint density at radius 1 is 1.24 bits per heavy atom. The normalized spacial score (nSPS) is 14.7. The van der Waals surface area contributed by atoms with E-state index in [0.29, 0.717) is 25.3 Å². The molecule has 1 N–H and O–H groups in total. The number of amides is 2. The van der Waals surface area contributed by atoms with Gasteiger partial charge >= 0.3 is 0 Å². The summed E-state index contributed by atoms with van der Waals surface area (Å²) in [6.07, 6.45) is 1.90. The molecule has 0 unspecified atom stereocenters. The average Bonchev–Trinajstić information content (AvgIpc) is 3.05. The van der Waals surface area contributed by atoms with Crippen LogP contribution in [0.25, 0.3) is 0 Å². The fourth-order valence-electron chi connectivity index (χ4n) is 3.15. The Morgan fingerprint density at radius 3 is 2.72 bits per heavy atom. The van der Waals surface area contributed by atoms with E-state index in [0.717, 1.165) is 24.2 Å². The lowest BCUT2D eigenvalue weighted by Crippen LogP contribution is -2.41. The van der Waals surface area contributed by atoms with E-state index in [-0.39, 0.29) is 17.7 Å². The molecule has 2 amide bonds. The van der Waals surface area contributed by atoms with Gasteiger partial charge in [0.05, 0.1) is 18.8 Å². The summed E-state index contributed by atoms with van der Waals surface area (Å²) in [6, 6.07) is 11.1. The molecule has 2 aromatic rings. The maximum atomic E-state index is 12.5. The molecule has 25 heavy (non-hydrogen) atoms. The van der Waals surface area contributed by atoms with Crippen LogP contribution in [0.2, 0.25) is 0 Å². The Hall–Kier alpha value is -2.63. The number of anilines is 1. The quantitative estimate of drug-likeness (QED) is 0.910. The van der Waals surface area contributed by atoms with E-state index in [9.17, 15) is 9.59 Å². The van der Waals surface area contributed by atoms with Crippen LogP contribution in [0.3, 0.4) is 0 Å². The molecule has 0 bridgehead atoms. The first-order valence-electron chi connectivity index (χ1n) is 8.80. The SMILES string of the molecule is CCC[C@@H](C)C(=O)N1CCn2nc(C(=O)Nc3ccccc3)cc2C1. The summed E-state index contributed by atoms with van der Waals surface area (Å²) in [4.78, 5) is 26.7. The molecule has 1 aromatic carbocycles. The molecule has 0 fully saturated rings. The van der Waals surface area contributed by atoms with E-state index in [1.54, 1.807) is 6.07 Å². The van der Waals surface area contributed by atoms with Gasteiger partial charge in [0, 0.05) is 18.2 Å². The monoisotopic (exact) mass is 340 g/mol. The third-order valence-corrected chi connectivity index (χ3v) is 4.52. The fraction of sp³-hybridized carbons (Fsp3) is 0.421. The molecule has 0 spiro atoms. The Labute approximate surface area is 147 Å². The Kier molecular flexibility index (Phi) is 5.16. The summed E-state index contributed by atoms with van der Waals surface area (Å²) >= 11 is 0. The minimum atomic E-state index is -0.231. The average molecular weight is 340 g/mol. The van der Waals surface area contributed by atoms with E-state index in [1.807, 2.05) is 46.8 Å². The highest BCUT2D eigenvalue weighted by atomic mass is 16.2. The number of hydrogen-bond acceptors (Lipinski definition) is 3. The van der Waals surface area contributed by atoms with Crippen LogP contribution in [0, 0.1) is 5.92 Å². The van der Waals surface area contributed by atoms with Crippen LogP contribution in [-0.2, 0) is 17.9 Å². The van der Waals surface area contributed by atoms with Crippen LogP contribution in [0.4, 0.5) is 5.69 Å². The molecule has 1 atom stereocenters. The van der Waals surface area contributed by atoms with Crippen molar-refractivity contribution < 1.29 is 9.59 Å². The highest BCUT2D eigenvalue weighted by molar-refractivity contribution is 6.02. The summed E-state index contributed by atoms with van der Waals surface area (Å²) < 4.78 is 1.83. The molecular formula is C19H24N4O2. The smallest absolute Gasteiger partial charge is 0.276 e. The van der Waals surface area contributed by atoms with Crippen molar-refractivity contribution >= 4 is 17.5 Å². The lowest BCUT2D eigenvalue weighted by Gasteiger charge is -2.29. The van der Waals surface area contributed by atoms with Crippen LogP contribution in [0.1, 0.15) is 42.9 Å². The van der Waals surface area contributed by atoms with Crippen molar-refractivity contribution in [1.82, 2.24) is 14.7 Å². The Balaban J connectivity index is 1.68. The first-order valence-corrected chi connectivity index (χ1v) is 8.80. The van der Waals surface area contributed by atoms with Gasteiger partial charge in [-0.3, -0.25) is 14.3 Å². The minimum absolute atomic E-state index is 0.0420. The van der Waals surface area contributed by atoms with E-state index < -0.39 is 0 Å². The highest BCUT2D eigenvalue weighted by Gasteiger charge is 2.26. The number of nitrogens with zero attached hydrogens (tertiary/aromatic N) is 3. The zero-order chi connectivity index (χ0) is 17.8. The molecule has 0 saturated carbocycles. The zero-order valence-corrected chi connectivity index (χ0v) is 14.7. The van der Waals surface area contributed by atoms with Gasteiger partial charge in [0.15, 0.2) is 5.69 Å². The minimum Gasteiger partial charge on any atom is -0.335 e. The molecule has 2 heterocycles. The third kappa shape index (κ3) is 3.90. The molecule has 0 saturated heterocycles. The van der Waals surface area contributed by atoms with Gasteiger partial charge in [0.1, 0.15) is 0 Å². The molecular weight excluding hydrogens is 316 g/mol. The zero-order valence-electron chi connectivity index (χ0n) is 14.7. The maximum Gasteiger partial charge on any atom is 0.276 e. The van der Waals surface area contributed by atoms with E-state index in [2.05, 4.69) is 17.3 Å². The third-order valence-electron chi connectivity index (χ3n) is 4.52. The summed E-state index contributed by atoms with van der Waals surface area (Å²) in [5, 5.41) is 7.23. The van der Waals surface area contributed by atoms with Crippen LogP contribution >= 0.6 is 0 Å². The van der Waals surface area contributed by atoms with Gasteiger partial charge in [-0.25, -0.2) is 0 Å². The van der Waals surface area contributed by atoms with Crippen LogP contribution in [0.5, 0.6) is 0 Å². The topological polar surface area (TPSA) is 67.2 Å². The van der Waals surface area contributed by atoms with Crippen molar-refractivity contribution in [3.8, 4) is 0 Å². The molecule has 132 valence electrons. The molecule has 0 radical (unpaired) electrons. The van der Waals surface area contributed by atoms with Crippen LogP contribution in [-0.4, -0.2) is 33.0 Å². The van der Waals surface area contributed by atoms with Gasteiger partial charge in [-0.1, -0.05) is 38.5 Å². The standard InChI is InChI=1S/C19H24N4O2/c1-3-7-14(2)19(25)22-10-11-23-16(13-22)12-17(21-23)18(24)20-15-8-5-4-6-9-15/h4-6,8-9,12,14H,3,7,10-11,13H2,1-2H3,(H,20,24)/t14-/m1/s1. The first kappa shape index (κ1) is 17.2. The van der Waals surface area contributed by atoms with Gasteiger partial charge in [-0.05, 0) is 24.6 Å². The fourth-order valence-corrected chi connectivity index (χ4v) is 3.15. The number of benzene rings is 1. The molecule has 3 rings (SSSR count). The number of hydrogen-bond donors (Lipinski definition) is 1. The molecule has 6 nitrogen and oxygen atoms in total. The number of carbonyl (C=O) groups is 2. The second-order valence-corrected chi connectivity index (χ2v) is 6.51. The van der Waals surface area contributed by atoms with Gasteiger partial charge in [-0.2, -0.15) is 5.10 Å². The Morgan fingerprint density at radius 2 is 2.00 bits per heavy atom. The van der Waals surface area contributed by atoms with Crippen molar-refractivity contribution in [3.63, 3.8) is 0 Å². The number of fused-ring (bicyclic) bond motifs is 1. The van der Waals surface area contributed by atoms with E-state index in [4.69, 9.17) is 0 Å². The lowest BCUT2D eigenvalue weighted by molar-refractivity contribution is -0.136. The van der Waals surface area contributed by atoms with Crippen molar-refractivity contribution in [2.24, 2.45) is 5.92 Å². The molecule has 1 aromatic heterocycles. The summed E-state index contributed by atoms with van der Waals surface area (Å²) in [6.45, 7) is 5.85. The first-order chi connectivity index (χ1) is 12.1. The summed E-state index contributed by atoms with van der Waals surface area (Å²) in [7, 11) is 0. The van der Waals surface area contributed by atoms with Crippen molar-refractivity contribution in [2.75, 3.05) is 11.9 Å². The largest absolute Gasteiger partial charge is 0.335 e. The molecule has 1 aliphatic rings. The number of aromatic nitrogens is 2. The van der Waals surface area contributed by atoms with Crippen LogP contribution in [0.15, 0.2) is 36.4 Å². The highest BCUT2D eigenvalue weighted by Crippen LogP contribution is 2.18. The van der Waals surface area contributed by atoms with Crippen molar-refractivity contribution in [1.29, 1.82) is 0 Å². The lowest BCUT2D eigenvalue weighted by atomic mass is 10.0.